The van der Waals surface area contributed by atoms with Crippen molar-refractivity contribution in [3.63, 3.8) is 0 Å². The SMILES string of the molecule is O=C(COc1cccc(F)c1)N[C@H]1C[C@H]2CO[C@@H](c3ccccc3)CN2C1. The van der Waals surface area contributed by atoms with Crippen LogP contribution in [0, 0.1) is 5.82 Å². The first-order valence-electron chi connectivity index (χ1n) is 9.26. The summed E-state index contributed by atoms with van der Waals surface area (Å²) in [5.74, 6) is -0.216. The third-order valence-electron chi connectivity index (χ3n) is 5.12. The van der Waals surface area contributed by atoms with Crippen molar-refractivity contribution in [2.24, 2.45) is 0 Å². The Kier molecular flexibility index (Phi) is 5.36. The van der Waals surface area contributed by atoms with Crippen molar-refractivity contribution in [2.75, 3.05) is 26.3 Å². The molecule has 2 heterocycles. The van der Waals surface area contributed by atoms with Crippen molar-refractivity contribution in [3.05, 3.63) is 66.0 Å². The fourth-order valence-electron chi connectivity index (χ4n) is 3.82. The van der Waals surface area contributed by atoms with Crippen molar-refractivity contribution in [2.45, 2.75) is 24.6 Å². The molecule has 0 aromatic heterocycles. The molecule has 2 saturated heterocycles. The van der Waals surface area contributed by atoms with Gasteiger partial charge in [0, 0.05) is 31.2 Å². The van der Waals surface area contributed by atoms with Crippen LogP contribution in [0.2, 0.25) is 0 Å². The van der Waals surface area contributed by atoms with Gasteiger partial charge in [0.1, 0.15) is 11.6 Å². The summed E-state index contributed by atoms with van der Waals surface area (Å²) in [6.07, 6.45) is 0.945. The predicted octanol–water partition coefficient (Wildman–Crippen LogP) is 2.54. The standard InChI is InChI=1S/C21H23FN2O3/c22-16-7-4-8-19(9-16)26-14-21(25)23-17-10-18-13-27-20(12-24(18)11-17)15-5-2-1-3-6-15/h1-9,17-18,20H,10-14H2,(H,23,25)/t17-,18-,20+/m0/s1. The van der Waals surface area contributed by atoms with E-state index >= 15 is 0 Å². The summed E-state index contributed by atoms with van der Waals surface area (Å²) in [6, 6.07) is 16.4. The number of carbonyl (C=O) groups is 1. The zero-order valence-electron chi connectivity index (χ0n) is 15.0. The lowest BCUT2D eigenvalue weighted by Crippen LogP contribution is -2.43. The van der Waals surface area contributed by atoms with Gasteiger partial charge in [-0.1, -0.05) is 36.4 Å². The predicted molar refractivity (Wildman–Crippen MR) is 98.9 cm³/mol. The molecular formula is C21H23FN2O3. The Bertz CT molecular complexity index is 786. The third kappa shape index (κ3) is 4.46. The number of nitrogens with zero attached hydrogens (tertiary/aromatic N) is 1. The molecular weight excluding hydrogens is 347 g/mol. The molecule has 1 N–H and O–H groups in total. The molecule has 0 radical (unpaired) electrons. The quantitative estimate of drug-likeness (QED) is 0.879. The second-order valence-corrected chi connectivity index (χ2v) is 7.09. The second kappa shape index (κ2) is 8.06. The molecule has 2 aromatic rings. The lowest BCUT2D eigenvalue weighted by Gasteiger charge is -2.35. The first kappa shape index (κ1) is 17.9. The molecule has 0 aliphatic carbocycles. The molecule has 27 heavy (non-hydrogen) atoms. The van der Waals surface area contributed by atoms with Crippen LogP contribution in [0.4, 0.5) is 4.39 Å². The number of benzene rings is 2. The van der Waals surface area contributed by atoms with Crippen LogP contribution in [0.3, 0.4) is 0 Å². The molecule has 1 amide bonds. The van der Waals surface area contributed by atoms with Gasteiger partial charge in [0.2, 0.25) is 0 Å². The Morgan fingerprint density at radius 3 is 2.85 bits per heavy atom. The molecule has 2 fully saturated rings. The maximum Gasteiger partial charge on any atom is 0.258 e. The number of rotatable bonds is 5. The maximum atomic E-state index is 13.1. The highest BCUT2D eigenvalue weighted by Crippen LogP contribution is 2.30. The normalized spacial score (nSPS) is 25.0. The Labute approximate surface area is 158 Å². The molecule has 5 nitrogen and oxygen atoms in total. The van der Waals surface area contributed by atoms with E-state index in [4.69, 9.17) is 9.47 Å². The van der Waals surface area contributed by atoms with Gasteiger partial charge >= 0.3 is 0 Å². The number of nitrogens with one attached hydrogen (secondary N) is 1. The van der Waals surface area contributed by atoms with E-state index in [2.05, 4.69) is 22.3 Å². The van der Waals surface area contributed by atoms with Crippen molar-refractivity contribution in [3.8, 4) is 5.75 Å². The van der Waals surface area contributed by atoms with E-state index in [1.807, 2.05) is 18.2 Å². The van der Waals surface area contributed by atoms with Gasteiger partial charge in [-0.15, -0.1) is 0 Å². The van der Waals surface area contributed by atoms with Gasteiger partial charge in [-0.05, 0) is 24.1 Å². The minimum absolute atomic E-state index is 0.0770. The van der Waals surface area contributed by atoms with Crippen LogP contribution in [-0.4, -0.2) is 49.2 Å². The Morgan fingerprint density at radius 1 is 1.19 bits per heavy atom. The summed E-state index contributed by atoms with van der Waals surface area (Å²) in [6.45, 7) is 2.20. The average molecular weight is 370 g/mol. The Morgan fingerprint density at radius 2 is 2.04 bits per heavy atom. The van der Waals surface area contributed by atoms with Crippen molar-refractivity contribution in [1.82, 2.24) is 10.2 Å². The summed E-state index contributed by atoms with van der Waals surface area (Å²) in [5, 5.41) is 3.02. The van der Waals surface area contributed by atoms with Gasteiger partial charge in [-0.3, -0.25) is 9.69 Å². The minimum atomic E-state index is -0.381. The van der Waals surface area contributed by atoms with Gasteiger partial charge in [-0.2, -0.15) is 0 Å². The number of hydrogen-bond acceptors (Lipinski definition) is 4. The largest absolute Gasteiger partial charge is 0.484 e. The first-order valence-corrected chi connectivity index (χ1v) is 9.26. The van der Waals surface area contributed by atoms with Gasteiger partial charge in [0.05, 0.1) is 12.7 Å². The molecule has 142 valence electrons. The van der Waals surface area contributed by atoms with Gasteiger partial charge in [-0.25, -0.2) is 4.39 Å². The molecule has 0 saturated carbocycles. The minimum Gasteiger partial charge on any atom is -0.484 e. The number of ether oxygens (including phenoxy) is 2. The molecule has 2 aliphatic rings. The van der Waals surface area contributed by atoms with Crippen LogP contribution >= 0.6 is 0 Å². The van der Waals surface area contributed by atoms with Crippen LogP contribution in [-0.2, 0) is 9.53 Å². The molecule has 0 bridgehead atoms. The first-order chi connectivity index (χ1) is 13.2. The molecule has 6 heteroatoms. The zero-order chi connectivity index (χ0) is 18.6. The molecule has 0 spiro atoms. The molecule has 4 rings (SSSR count). The van der Waals surface area contributed by atoms with Crippen LogP contribution in [0.1, 0.15) is 18.1 Å². The van der Waals surface area contributed by atoms with Crippen molar-refractivity contribution >= 4 is 5.91 Å². The zero-order valence-corrected chi connectivity index (χ0v) is 15.0. The Hall–Kier alpha value is -2.44. The van der Waals surface area contributed by atoms with Crippen LogP contribution < -0.4 is 10.1 Å². The highest BCUT2D eigenvalue weighted by Gasteiger charge is 2.38. The highest BCUT2D eigenvalue weighted by atomic mass is 19.1. The smallest absolute Gasteiger partial charge is 0.258 e. The summed E-state index contributed by atoms with van der Waals surface area (Å²) in [4.78, 5) is 14.6. The van der Waals surface area contributed by atoms with Crippen LogP contribution in [0.25, 0.3) is 0 Å². The fraction of sp³-hybridized carbons (Fsp3) is 0.381. The number of fused-ring (bicyclic) bond motifs is 1. The number of amides is 1. The van der Waals surface area contributed by atoms with Crippen LogP contribution in [0.15, 0.2) is 54.6 Å². The van der Waals surface area contributed by atoms with Gasteiger partial charge < -0.3 is 14.8 Å². The van der Waals surface area contributed by atoms with Gasteiger partial charge in [0.25, 0.3) is 5.91 Å². The lowest BCUT2D eigenvalue weighted by atomic mass is 10.1. The van der Waals surface area contributed by atoms with E-state index in [1.54, 1.807) is 12.1 Å². The van der Waals surface area contributed by atoms with E-state index in [0.29, 0.717) is 18.4 Å². The third-order valence-corrected chi connectivity index (χ3v) is 5.12. The monoisotopic (exact) mass is 370 g/mol. The van der Waals surface area contributed by atoms with E-state index in [-0.39, 0.29) is 30.5 Å². The fourth-order valence-corrected chi connectivity index (χ4v) is 3.82. The molecule has 2 aliphatic heterocycles. The number of halogens is 1. The van der Waals surface area contributed by atoms with Gasteiger partial charge in [0.15, 0.2) is 6.61 Å². The lowest BCUT2D eigenvalue weighted by molar-refractivity contribution is -0.123. The molecule has 0 unspecified atom stereocenters. The second-order valence-electron chi connectivity index (χ2n) is 7.09. The number of hydrogen-bond donors (Lipinski definition) is 1. The van der Waals surface area contributed by atoms with Crippen molar-refractivity contribution in [1.29, 1.82) is 0 Å². The molecule has 3 atom stereocenters. The van der Waals surface area contributed by atoms with E-state index in [9.17, 15) is 9.18 Å². The van der Waals surface area contributed by atoms with E-state index < -0.39 is 0 Å². The molecule has 2 aromatic carbocycles. The summed E-state index contributed by atoms with van der Waals surface area (Å²) in [5.41, 5.74) is 1.19. The van der Waals surface area contributed by atoms with Crippen molar-refractivity contribution < 1.29 is 18.7 Å². The number of carbonyl (C=O) groups excluding carboxylic acids is 1. The Balaban J connectivity index is 1.26. The summed E-state index contributed by atoms with van der Waals surface area (Å²) >= 11 is 0. The summed E-state index contributed by atoms with van der Waals surface area (Å²) < 4.78 is 24.5. The highest BCUT2D eigenvalue weighted by molar-refractivity contribution is 5.77. The number of morpholine rings is 1. The van der Waals surface area contributed by atoms with E-state index in [0.717, 1.165) is 19.5 Å². The average Bonchev–Trinajstić information content (AvgIpc) is 3.08. The van der Waals surface area contributed by atoms with E-state index in [1.165, 1.54) is 17.7 Å². The summed E-state index contributed by atoms with van der Waals surface area (Å²) in [7, 11) is 0. The maximum absolute atomic E-state index is 13.1. The topological polar surface area (TPSA) is 50.8 Å². The van der Waals surface area contributed by atoms with Crippen LogP contribution in [0.5, 0.6) is 5.75 Å².